The molecule has 0 aromatic carbocycles. The highest BCUT2D eigenvalue weighted by atomic mass is 15.2. The van der Waals surface area contributed by atoms with Gasteiger partial charge < -0.3 is 4.98 Å². The number of aromatic nitrogens is 4. The van der Waals surface area contributed by atoms with E-state index in [1.165, 1.54) is 17.7 Å². The van der Waals surface area contributed by atoms with E-state index >= 15 is 0 Å². The molecule has 1 aliphatic heterocycles. The smallest absolute Gasteiger partial charge is 0.0921 e. The Morgan fingerprint density at radius 2 is 2.04 bits per heavy atom. The Kier molecular flexibility index (Phi) is 4.80. The Morgan fingerprint density at radius 3 is 2.85 bits per heavy atom. The fourth-order valence-electron chi connectivity index (χ4n) is 4.02. The van der Waals surface area contributed by atoms with Crippen molar-refractivity contribution in [2.75, 3.05) is 7.05 Å². The summed E-state index contributed by atoms with van der Waals surface area (Å²) in [7, 11) is 2.21. The second-order valence-corrected chi connectivity index (χ2v) is 7.14. The second-order valence-electron chi connectivity index (χ2n) is 7.14. The van der Waals surface area contributed by atoms with Crippen molar-refractivity contribution in [2.24, 2.45) is 0 Å². The van der Waals surface area contributed by atoms with Crippen LogP contribution in [-0.2, 0) is 6.42 Å². The minimum atomic E-state index is 0.330. The van der Waals surface area contributed by atoms with Gasteiger partial charge in [0.05, 0.1) is 29.8 Å². The van der Waals surface area contributed by atoms with Gasteiger partial charge in [0.1, 0.15) is 0 Å². The molecule has 0 amide bonds. The summed E-state index contributed by atoms with van der Waals surface area (Å²) < 4.78 is 0. The van der Waals surface area contributed by atoms with E-state index in [2.05, 4.69) is 58.1 Å². The lowest BCUT2D eigenvalue weighted by Gasteiger charge is -2.39. The van der Waals surface area contributed by atoms with Crippen LogP contribution in [0.5, 0.6) is 0 Å². The quantitative estimate of drug-likeness (QED) is 0.775. The number of piperidine rings is 1. The Labute approximate surface area is 154 Å². The van der Waals surface area contributed by atoms with E-state index < -0.39 is 0 Å². The first-order valence-electron chi connectivity index (χ1n) is 9.29. The molecule has 4 heterocycles. The summed E-state index contributed by atoms with van der Waals surface area (Å²) >= 11 is 0. The van der Waals surface area contributed by atoms with Gasteiger partial charge in [0.15, 0.2) is 0 Å². The third kappa shape index (κ3) is 3.40. The molecule has 1 aliphatic rings. The molecule has 1 saturated heterocycles. The Balaban J connectivity index is 1.58. The number of imidazole rings is 1. The molecule has 0 radical (unpaired) electrons. The van der Waals surface area contributed by atoms with Gasteiger partial charge in [0, 0.05) is 30.2 Å². The predicted octanol–water partition coefficient (Wildman–Crippen LogP) is 4.00. The number of nitrogens with zero attached hydrogens (tertiary/aromatic N) is 4. The Morgan fingerprint density at radius 1 is 1.15 bits per heavy atom. The summed E-state index contributed by atoms with van der Waals surface area (Å²) in [5.74, 6) is 0. The van der Waals surface area contributed by atoms with Gasteiger partial charge in [-0.05, 0) is 57.0 Å². The van der Waals surface area contributed by atoms with Crippen LogP contribution in [0.1, 0.15) is 59.7 Å². The fourth-order valence-corrected chi connectivity index (χ4v) is 4.02. The van der Waals surface area contributed by atoms with Crippen LogP contribution < -0.4 is 0 Å². The van der Waals surface area contributed by atoms with Crippen LogP contribution in [0, 0.1) is 6.92 Å². The molecule has 4 rings (SSSR count). The summed E-state index contributed by atoms with van der Waals surface area (Å²) in [6, 6.07) is 11.2. The molecular formula is C21H25N5. The van der Waals surface area contributed by atoms with E-state index in [0.29, 0.717) is 12.1 Å². The number of nitrogens with one attached hydrogen (secondary N) is 1. The van der Waals surface area contributed by atoms with Gasteiger partial charge in [0.2, 0.25) is 0 Å². The summed E-state index contributed by atoms with van der Waals surface area (Å²) in [5, 5.41) is 0. The Hall–Kier alpha value is -2.53. The van der Waals surface area contributed by atoms with Gasteiger partial charge in [-0.1, -0.05) is 12.1 Å². The van der Waals surface area contributed by atoms with Crippen molar-refractivity contribution in [3.05, 3.63) is 77.4 Å². The third-order valence-corrected chi connectivity index (χ3v) is 5.40. The molecule has 3 aromatic heterocycles. The number of pyridine rings is 2. The number of aryl methyl sites for hydroxylation is 1. The molecular weight excluding hydrogens is 322 g/mol. The van der Waals surface area contributed by atoms with Crippen molar-refractivity contribution in [2.45, 2.75) is 44.7 Å². The van der Waals surface area contributed by atoms with Crippen molar-refractivity contribution in [1.29, 1.82) is 0 Å². The zero-order valence-electron chi connectivity index (χ0n) is 15.4. The average Bonchev–Trinajstić information content (AvgIpc) is 3.16. The van der Waals surface area contributed by atoms with E-state index in [1.807, 2.05) is 18.5 Å². The minimum absolute atomic E-state index is 0.330. The first-order valence-corrected chi connectivity index (χ1v) is 9.29. The summed E-state index contributed by atoms with van der Waals surface area (Å²) in [4.78, 5) is 19.4. The van der Waals surface area contributed by atoms with Crippen LogP contribution in [0.3, 0.4) is 0 Å². The predicted molar refractivity (Wildman–Crippen MR) is 102 cm³/mol. The molecule has 5 nitrogen and oxygen atoms in total. The second kappa shape index (κ2) is 7.38. The number of hydrogen-bond acceptors (Lipinski definition) is 4. The van der Waals surface area contributed by atoms with Crippen molar-refractivity contribution in [1.82, 2.24) is 24.8 Å². The number of aromatic amines is 1. The maximum atomic E-state index is 4.96. The topological polar surface area (TPSA) is 57.7 Å². The lowest BCUT2D eigenvalue weighted by molar-refractivity contribution is 0.109. The van der Waals surface area contributed by atoms with E-state index in [0.717, 1.165) is 36.3 Å². The number of hydrogen-bond donors (Lipinski definition) is 1. The molecule has 1 fully saturated rings. The molecule has 2 atom stereocenters. The third-order valence-electron chi connectivity index (χ3n) is 5.40. The molecule has 1 N–H and O–H groups in total. The van der Waals surface area contributed by atoms with Crippen molar-refractivity contribution >= 4 is 0 Å². The minimum Gasteiger partial charge on any atom is -0.348 e. The number of likely N-dealkylation sites (tertiary alicyclic amines) is 1. The number of rotatable bonds is 4. The van der Waals surface area contributed by atoms with E-state index in [-0.39, 0.29) is 0 Å². The average molecular weight is 347 g/mol. The van der Waals surface area contributed by atoms with Gasteiger partial charge in [-0.15, -0.1) is 0 Å². The van der Waals surface area contributed by atoms with Gasteiger partial charge in [-0.25, -0.2) is 4.98 Å². The van der Waals surface area contributed by atoms with Gasteiger partial charge in [-0.3, -0.25) is 14.9 Å². The van der Waals surface area contributed by atoms with Crippen LogP contribution in [0.15, 0.2) is 49.1 Å². The highest BCUT2D eigenvalue weighted by Crippen LogP contribution is 2.39. The van der Waals surface area contributed by atoms with Gasteiger partial charge in [0.25, 0.3) is 0 Å². The van der Waals surface area contributed by atoms with Gasteiger partial charge in [-0.2, -0.15) is 0 Å². The van der Waals surface area contributed by atoms with Gasteiger partial charge >= 0.3 is 0 Å². The zero-order chi connectivity index (χ0) is 17.9. The first-order chi connectivity index (χ1) is 12.7. The maximum absolute atomic E-state index is 4.96. The molecule has 134 valence electrons. The van der Waals surface area contributed by atoms with Crippen LogP contribution in [0.25, 0.3) is 0 Å². The van der Waals surface area contributed by atoms with E-state index in [1.54, 1.807) is 6.33 Å². The monoisotopic (exact) mass is 347 g/mol. The molecule has 26 heavy (non-hydrogen) atoms. The molecule has 3 aromatic rings. The van der Waals surface area contributed by atoms with Crippen LogP contribution >= 0.6 is 0 Å². The summed E-state index contributed by atoms with van der Waals surface area (Å²) in [6.45, 7) is 2.16. The summed E-state index contributed by atoms with van der Waals surface area (Å²) in [5.41, 5.74) is 5.80. The fraction of sp³-hybridized carbons (Fsp3) is 0.381. The first kappa shape index (κ1) is 16.9. The zero-order valence-corrected chi connectivity index (χ0v) is 15.4. The molecule has 0 spiro atoms. The molecule has 0 saturated carbocycles. The largest absolute Gasteiger partial charge is 0.348 e. The standard InChI is InChI=1S/C21H25N5/c1-15-6-5-11-23-21(15)20-10-4-9-19(26(20)2)18-8-3-7-16(25-18)12-17-13-22-14-24-17/h3,5-8,11,13-14,19-20H,4,9-10,12H2,1-2H3,(H,22,24). The lowest BCUT2D eigenvalue weighted by Crippen LogP contribution is -2.34. The van der Waals surface area contributed by atoms with Crippen LogP contribution in [-0.4, -0.2) is 31.9 Å². The molecule has 0 bridgehead atoms. The van der Waals surface area contributed by atoms with E-state index in [4.69, 9.17) is 4.98 Å². The van der Waals surface area contributed by atoms with Crippen LogP contribution in [0.4, 0.5) is 0 Å². The van der Waals surface area contributed by atoms with Crippen molar-refractivity contribution in [3.63, 3.8) is 0 Å². The highest BCUT2D eigenvalue weighted by Gasteiger charge is 2.31. The normalized spacial score (nSPS) is 21.0. The molecule has 0 aliphatic carbocycles. The van der Waals surface area contributed by atoms with Crippen molar-refractivity contribution < 1.29 is 0 Å². The summed E-state index contributed by atoms with van der Waals surface area (Å²) in [6.07, 6.45) is 9.76. The number of H-pyrrole nitrogens is 1. The SMILES string of the molecule is Cc1cccnc1C1CCCC(c2cccc(Cc3cnc[nH]3)n2)N1C. The highest BCUT2D eigenvalue weighted by molar-refractivity contribution is 5.24. The van der Waals surface area contributed by atoms with Crippen LogP contribution in [0.2, 0.25) is 0 Å². The Bertz CT molecular complexity index is 858. The van der Waals surface area contributed by atoms with E-state index in [9.17, 15) is 0 Å². The molecule has 5 heteroatoms. The lowest BCUT2D eigenvalue weighted by atomic mass is 9.90. The molecule has 2 unspecified atom stereocenters. The van der Waals surface area contributed by atoms with Crippen molar-refractivity contribution in [3.8, 4) is 0 Å². The maximum Gasteiger partial charge on any atom is 0.0921 e.